The Hall–Kier alpha value is -3.75. The molecule has 1 N–H and O–H groups in total. The molecule has 4 nitrogen and oxygen atoms in total. The summed E-state index contributed by atoms with van der Waals surface area (Å²) < 4.78 is 27.0. The number of phenolic OH excluding ortho intramolecular Hbond substituents is 1. The third-order valence-electron chi connectivity index (χ3n) is 5.14. The zero-order chi connectivity index (χ0) is 22.6. The van der Waals surface area contributed by atoms with Crippen molar-refractivity contribution in [3.63, 3.8) is 0 Å². The maximum atomic E-state index is 12.9. The number of sulfonamides is 1. The Kier molecular flexibility index (Phi) is 6.16. The standard InChI is InChI=1S/C27H23NO3S/c1-2-20-32(30,31)28(22-11-4-3-5-12-22)19-18-21-10-6-7-13-23(21)25-16-17-27(29)26-15-9-8-14-24(25)26/h3-17,29H,2,20H2,1H3. The minimum Gasteiger partial charge on any atom is -0.507 e. The Labute approximate surface area is 188 Å². The summed E-state index contributed by atoms with van der Waals surface area (Å²) in [6.07, 6.45) is 0.503. The van der Waals surface area contributed by atoms with Crippen LogP contribution in [0.2, 0.25) is 0 Å². The van der Waals surface area contributed by atoms with E-state index in [1.54, 1.807) is 30.3 Å². The summed E-state index contributed by atoms with van der Waals surface area (Å²) in [5.74, 6) is 3.32. The summed E-state index contributed by atoms with van der Waals surface area (Å²) in [6.45, 7) is 1.83. The normalized spacial score (nSPS) is 11.0. The van der Waals surface area contributed by atoms with Gasteiger partial charge >= 0.3 is 0 Å². The van der Waals surface area contributed by atoms with Crippen molar-refractivity contribution in [1.82, 2.24) is 0 Å². The number of phenols is 1. The topological polar surface area (TPSA) is 57.6 Å². The Morgan fingerprint density at radius 3 is 2.19 bits per heavy atom. The van der Waals surface area contributed by atoms with Crippen molar-refractivity contribution in [2.45, 2.75) is 13.3 Å². The van der Waals surface area contributed by atoms with E-state index in [0.717, 1.165) is 21.9 Å². The number of hydrogen-bond donors (Lipinski definition) is 1. The minimum absolute atomic E-state index is 0.0147. The first-order chi connectivity index (χ1) is 15.5. The second-order valence-electron chi connectivity index (χ2n) is 7.38. The van der Waals surface area contributed by atoms with Gasteiger partial charge in [-0.25, -0.2) is 8.42 Å². The predicted octanol–water partition coefficient (Wildman–Crippen LogP) is 5.77. The maximum Gasteiger partial charge on any atom is 0.246 e. The van der Waals surface area contributed by atoms with Crippen LogP contribution in [0.5, 0.6) is 5.75 Å². The van der Waals surface area contributed by atoms with Gasteiger partial charge in [0.1, 0.15) is 5.75 Å². The van der Waals surface area contributed by atoms with Gasteiger partial charge in [-0.2, -0.15) is 4.31 Å². The lowest BCUT2D eigenvalue weighted by molar-refractivity contribution is 0.481. The van der Waals surface area contributed by atoms with Crippen LogP contribution in [-0.2, 0) is 10.0 Å². The van der Waals surface area contributed by atoms with Crippen molar-refractivity contribution in [3.8, 4) is 28.8 Å². The summed E-state index contributed by atoms with van der Waals surface area (Å²) >= 11 is 0. The molecule has 0 saturated carbocycles. The zero-order valence-electron chi connectivity index (χ0n) is 17.7. The van der Waals surface area contributed by atoms with Gasteiger partial charge in [-0.3, -0.25) is 0 Å². The number of anilines is 1. The van der Waals surface area contributed by atoms with Gasteiger partial charge in [-0.15, -0.1) is 0 Å². The van der Waals surface area contributed by atoms with Crippen LogP contribution < -0.4 is 4.31 Å². The minimum atomic E-state index is -3.59. The molecule has 0 heterocycles. The van der Waals surface area contributed by atoms with Crippen molar-refractivity contribution in [3.05, 3.63) is 96.6 Å². The molecule has 32 heavy (non-hydrogen) atoms. The summed E-state index contributed by atoms with van der Waals surface area (Å²) in [5.41, 5.74) is 3.01. The van der Waals surface area contributed by atoms with Gasteiger partial charge in [0.05, 0.1) is 11.4 Å². The van der Waals surface area contributed by atoms with Crippen molar-refractivity contribution in [2.24, 2.45) is 0 Å². The molecule has 0 aliphatic heterocycles. The molecule has 5 heteroatoms. The smallest absolute Gasteiger partial charge is 0.246 e. The van der Waals surface area contributed by atoms with Crippen molar-refractivity contribution in [2.75, 3.05) is 10.1 Å². The Balaban J connectivity index is 1.86. The monoisotopic (exact) mass is 441 g/mol. The van der Waals surface area contributed by atoms with Gasteiger partial charge in [0.25, 0.3) is 0 Å². The number of nitrogens with zero attached hydrogens (tertiary/aromatic N) is 1. The van der Waals surface area contributed by atoms with Gasteiger partial charge in [0.15, 0.2) is 0 Å². The first-order valence-corrected chi connectivity index (χ1v) is 12.0. The van der Waals surface area contributed by atoms with Gasteiger partial charge < -0.3 is 5.11 Å². The first kappa shape index (κ1) is 21.5. The molecule has 0 saturated heterocycles. The van der Waals surface area contributed by atoms with Crippen LogP contribution in [0.15, 0.2) is 91.0 Å². The first-order valence-electron chi connectivity index (χ1n) is 10.4. The van der Waals surface area contributed by atoms with Crippen LogP contribution in [-0.4, -0.2) is 19.3 Å². The summed E-state index contributed by atoms with van der Waals surface area (Å²) in [7, 11) is -3.59. The van der Waals surface area contributed by atoms with E-state index in [1.165, 1.54) is 4.31 Å². The highest BCUT2D eigenvalue weighted by Crippen LogP contribution is 2.35. The third-order valence-corrected chi connectivity index (χ3v) is 6.92. The molecule has 0 fully saturated rings. The number of aromatic hydroxyl groups is 1. The molecule has 0 spiro atoms. The Morgan fingerprint density at radius 1 is 0.781 bits per heavy atom. The molecule has 0 aliphatic carbocycles. The van der Waals surface area contributed by atoms with Gasteiger partial charge in [0, 0.05) is 17.0 Å². The molecule has 0 bridgehead atoms. The second kappa shape index (κ2) is 9.17. The zero-order valence-corrected chi connectivity index (χ0v) is 18.5. The van der Waals surface area contributed by atoms with E-state index in [-0.39, 0.29) is 11.5 Å². The van der Waals surface area contributed by atoms with Crippen molar-refractivity contribution < 1.29 is 13.5 Å². The molecule has 0 radical (unpaired) electrons. The molecule has 4 aromatic carbocycles. The maximum absolute atomic E-state index is 12.9. The average molecular weight is 442 g/mol. The van der Waals surface area contributed by atoms with E-state index in [2.05, 4.69) is 12.0 Å². The van der Waals surface area contributed by atoms with E-state index in [4.69, 9.17) is 0 Å². The van der Waals surface area contributed by atoms with Crippen LogP contribution in [0, 0.1) is 12.0 Å². The summed E-state index contributed by atoms with van der Waals surface area (Å²) in [5, 5.41) is 11.9. The molecule has 0 aromatic heterocycles. The molecule has 4 aromatic rings. The van der Waals surface area contributed by atoms with E-state index >= 15 is 0 Å². The van der Waals surface area contributed by atoms with Crippen LogP contribution >= 0.6 is 0 Å². The highest BCUT2D eigenvalue weighted by Gasteiger charge is 2.20. The molecule has 0 amide bonds. The van der Waals surface area contributed by atoms with Crippen LogP contribution in [0.1, 0.15) is 18.9 Å². The summed E-state index contributed by atoms with van der Waals surface area (Å²) in [4.78, 5) is 0. The lowest BCUT2D eigenvalue weighted by Gasteiger charge is -2.17. The molecule has 160 valence electrons. The molecule has 4 rings (SSSR count). The molecular formula is C27H23NO3S. The lowest BCUT2D eigenvalue weighted by atomic mass is 9.94. The fourth-order valence-electron chi connectivity index (χ4n) is 3.66. The second-order valence-corrected chi connectivity index (χ2v) is 9.31. The number of fused-ring (bicyclic) bond motifs is 1. The van der Waals surface area contributed by atoms with E-state index in [1.807, 2.05) is 67.6 Å². The van der Waals surface area contributed by atoms with Gasteiger partial charge in [-0.1, -0.05) is 73.7 Å². The van der Waals surface area contributed by atoms with E-state index < -0.39 is 10.0 Å². The lowest BCUT2D eigenvalue weighted by Crippen LogP contribution is -2.28. The van der Waals surface area contributed by atoms with Gasteiger partial charge in [0.2, 0.25) is 10.0 Å². The van der Waals surface area contributed by atoms with Crippen LogP contribution in [0.3, 0.4) is 0 Å². The highest BCUT2D eigenvalue weighted by molar-refractivity contribution is 7.93. The van der Waals surface area contributed by atoms with Crippen LogP contribution in [0.4, 0.5) is 5.69 Å². The summed E-state index contributed by atoms with van der Waals surface area (Å²) in [6, 6.07) is 30.6. The Bertz CT molecular complexity index is 1420. The molecule has 0 atom stereocenters. The molecule has 0 unspecified atom stereocenters. The van der Waals surface area contributed by atoms with E-state index in [9.17, 15) is 13.5 Å². The fourth-order valence-corrected chi connectivity index (χ4v) is 4.99. The number of para-hydroxylation sites is 1. The predicted molar refractivity (Wildman–Crippen MR) is 131 cm³/mol. The average Bonchev–Trinajstić information content (AvgIpc) is 2.81. The van der Waals surface area contributed by atoms with E-state index in [0.29, 0.717) is 17.7 Å². The quantitative estimate of drug-likeness (QED) is 0.316. The highest BCUT2D eigenvalue weighted by atomic mass is 32.2. The molecule has 0 aliphatic rings. The molecular weight excluding hydrogens is 418 g/mol. The van der Waals surface area contributed by atoms with Crippen molar-refractivity contribution in [1.29, 1.82) is 0 Å². The third kappa shape index (κ3) is 4.32. The van der Waals surface area contributed by atoms with Crippen molar-refractivity contribution >= 4 is 26.5 Å². The Morgan fingerprint density at radius 2 is 1.44 bits per heavy atom. The van der Waals surface area contributed by atoms with Crippen LogP contribution in [0.25, 0.3) is 21.9 Å². The van der Waals surface area contributed by atoms with Gasteiger partial charge in [-0.05, 0) is 53.1 Å². The number of rotatable bonds is 5. The number of hydrogen-bond acceptors (Lipinski definition) is 3. The number of benzene rings is 4. The largest absolute Gasteiger partial charge is 0.507 e. The SMILES string of the molecule is CCCS(=O)(=O)N(C#Cc1ccccc1-c1ccc(O)c2ccccc12)c1ccccc1. The fraction of sp³-hybridized carbons (Fsp3) is 0.111.